The average molecular weight is 845 g/mol. The van der Waals surface area contributed by atoms with Gasteiger partial charge in [-0.25, -0.2) is 9.13 Å². The normalized spacial score (nSPS) is 11.4. The van der Waals surface area contributed by atoms with Crippen LogP contribution < -0.4 is 13.7 Å². The van der Waals surface area contributed by atoms with Gasteiger partial charge in [-0.15, -0.1) is 0 Å². The van der Waals surface area contributed by atoms with E-state index in [4.69, 9.17) is 0 Å². The van der Waals surface area contributed by atoms with E-state index in [1.165, 1.54) is 102 Å². The zero-order chi connectivity index (χ0) is 44.2. The van der Waals surface area contributed by atoms with E-state index in [2.05, 4.69) is 151 Å². The van der Waals surface area contributed by atoms with Gasteiger partial charge < -0.3 is 51.8 Å². The van der Waals surface area contributed by atoms with E-state index >= 15 is 0 Å². The van der Waals surface area contributed by atoms with Crippen LogP contribution >= 0.6 is 0 Å². The number of aromatic nitrogens is 3. The number of nitrogens with zero attached hydrogens (tertiary/aromatic N) is 3. The first-order chi connectivity index (χ1) is 27.6. The van der Waals surface area contributed by atoms with Crippen molar-refractivity contribution in [1.29, 1.82) is 0 Å². The van der Waals surface area contributed by atoms with E-state index < -0.39 is 21.8 Å². The second kappa shape index (κ2) is 24.4. The molecule has 18 heteroatoms. The molecule has 5 rings (SSSR count). The van der Waals surface area contributed by atoms with Crippen LogP contribution in [-0.4, -0.2) is 21.8 Å². The van der Waals surface area contributed by atoms with Crippen LogP contribution in [0.15, 0.2) is 110 Å². The molecule has 3 heterocycles. The van der Waals surface area contributed by atoms with E-state index in [1.807, 2.05) is 0 Å². The molecule has 0 aliphatic carbocycles. The van der Waals surface area contributed by atoms with Gasteiger partial charge in [-0.05, 0) is 57.0 Å². The lowest BCUT2D eigenvalue weighted by atomic mass is 9.98. The Hall–Kier alpha value is -4.76. The van der Waals surface area contributed by atoms with E-state index in [0.29, 0.717) is 0 Å². The predicted octanol–water partition coefficient (Wildman–Crippen LogP) is 13.2. The molecule has 0 saturated carbocycles. The van der Waals surface area contributed by atoms with Crippen molar-refractivity contribution >= 4 is 21.8 Å². The zero-order valence-electron chi connectivity index (χ0n) is 33.6. The minimum absolute atomic E-state index is 1.05. The van der Waals surface area contributed by atoms with Crippen LogP contribution in [0.5, 0.6) is 0 Å². The van der Waals surface area contributed by atoms with Crippen molar-refractivity contribution in [3.63, 3.8) is 0 Å². The second-order valence-corrected chi connectivity index (χ2v) is 13.8. The highest BCUT2D eigenvalue weighted by Crippen LogP contribution is 2.30. The molecule has 0 saturated heterocycles. The van der Waals surface area contributed by atoms with Crippen LogP contribution in [0.4, 0.5) is 51.8 Å². The summed E-state index contributed by atoms with van der Waals surface area (Å²) in [6.07, 6.45) is 19.2. The standard InChI is InChI=1S/C41H50N3.3BF4/c1-5-7-9-11-25-42-28-23-39(24-29-42)44-40(35-19-15-33(3)16-20-35)30-38(31-41(44)36-21-17-34(4)18-22-36)37-14-13-27-43(32-37)26-12-10-8-6-2;3*2-1(3,4)5/h13-24,27-32H,5-12,25-26H2,1-4H3;;;/q+3;3*-1. The monoisotopic (exact) mass is 845 g/mol. The molecule has 0 atom stereocenters. The number of benzene rings is 2. The highest BCUT2D eigenvalue weighted by atomic mass is 19.5. The Kier molecular flexibility index (Phi) is 20.8. The summed E-state index contributed by atoms with van der Waals surface area (Å²) in [5.74, 6) is 0. The van der Waals surface area contributed by atoms with Gasteiger partial charge in [-0.2, -0.15) is 4.57 Å². The lowest BCUT2D eigenvalue weighted by Crippen LogP contribution is -2.39. The highest BCUT2D eigenvalue weighted by Gasteiger charge is 2.27. The maximum absolute atomic E-state index is 9.75. The Labute approximate surface area is 339 Å². The van der Waals surface area contributed by atoms with Crippen molar-refractivity contribution in [1.82, 2.24) is 0 Å². The quantitative estimate of drug-likeness (QED) is 0.0457. The third kappa shape index (κ3) is 22.3. The van der Waals surface area contributed by atoms with Gasteiger partial charge in [0.1, 0.15) is 13.1 Å². The molecule has 59 heavy (non-hydrogen) atoms. The first-order valence-corrected chi connectivity index (χ1v) is 19.4. The summed E-state index contributed by atoms with van der Waals surface area (Å²) in [5.41, 5.74) is 11.0. The fourth-order valence-electron chi connectivity index (χ4n) is 5.94. The summed E-state index contributed by atoms with van der Waals surface area (Å²) in [6.45, 7) is 11.0. The second-order valence-electron chi connectivity index (χ2n) is 13.8. The van der Waals surface area contributed by atoms with Crippen LogP contribution in [0.1, 0.15) is 76.3 Å². The van der Waals surface area contributed by atoms with Gasteiger partial charge in [0, 0.05) is 53.3 Å². The predicted molar refractivity (Wildman–Crippen MR) is 213 cm³/mol. The van der Waals surface area contributed by atoms with Gasteiger partial charge in [0.25, 0.3) is 0 Å². The SMILES string of the molecule is CCCCCC[n+]1ccc(-[n+]2c(-c3ccc(C)cc3)cc(-c3ccc[n+](CCCCCC)c3)cc2-c2ccc(C)cc2)cc1.F[B-](F)(F)F.F[B-](F)(F)F.F[B-](F)(F)F. The highest BCUT2D eigenvalue weighted by molar-refractivity contribution is 6.50. The van der Waals surface area contributed by atoms with Gasteiger partial charge in [0.15, 0.2) is 24.8 Å². The summed E-state index contributed by atoms with van der Waals surface area (Å²) in [4.78, 5) is 0. The molecule has 0 fully saturated rings. The molecule has 5 aromatic rings. The number of hydrogen-bond acceptors (Lipinski definition) is 0. The van der Waals surface area contributed by atoms with Crippen LogP contribution in [0.25, 0.3) is 39.3 Å². The molecule has 0 bridgehead atoms. The Balaban J connectivity index is 0.000000684. The maximum Gasteiger partial charge on any atom is 0.673 e. The molecule has 2 aromatic carbocycles. The van der Waals surface area contributed by atoms with Crippen molar-refractivity contribution in [3.05, 3.63) is 121 Å². The fraction of sp³-hybridized carbons (Fsp3) is 0.341. The molecule has 0 aliphatic rings. The topological polar surface area (TPSA) is 11.6 Å². The Morgan fingerprint density at radius 3 is 1.20 bits per heavy atom. The fourth-order valence-corrected chi connectivity index (χ4v) is 5.94. The van der Waals surface area contributed by atoms with Crippen LogP contribution in [0.2, 0.25) is 0 Å². The van der Waals surface area contributed by atoms with Crippen molar-refractivity contribution in [2.75, 3.05) is 0 Å². The number of aryl methyl sites for hydroxylation is 4. The van der Waals surface area contributed by atoms with Crippen molar-refractivity contribution in [3.8, 4) is 39.3 Å². The van der Waals surface area contributed by atoms with Gasteiger partial charge in [0.2, 0.25) is 17.1 Å². The van der Waals surface area contributed by atoms with Crippen molar-refractivity contribution in [2.24, 2.45) is 0 Å². The Morgan fingerprint density at radius 1 is 0.424 bits per heavy atom. The number of pyridine rings is 3. The average Bonchev–Trinajstić information content (AvgIpc) is 3.14. The summed E-state index contributed by atoms with van der Waals surface area (Å²) >= 11 is 0. The molecular formula is C41H50B3F12N3. The summed E-state index contributed by atoms with van der Waals surface area (Å²) in [6, 6.07) is 31.7. The molecule has 0 unspecified atom stereocenters. The molecule has 0 amide bonds. The molecule has 0 spiro atoms. The van der Waals surface area contributed by atoms with Gasteiger partial charge in [-0.3, -0.25) is 0 Å². The summed E-state index contributed by atoms with van der Waals surface area (Å²) in [5, 5.41) is 0. The zero-order valence-corrected chi connectivity index (χ0v) is 33.6. The van der Waals surface area contributed by atoms with Gasteiger partial charge in [0.05, 0.1) is 12.1 Å². The lowest BCUT2D eigenvalue weighted by molar-refractivity contribution is -0.698. The first kappa shape index (κ1) is 50.4. The van der Waals surface area contributed by atoms with E-state index in [0.717, 1.165) is 13.1 Å². The summed E-state index contributed by atoms with van der Waals surface area (Å²) in [7, 11) is -18.0. The molecular weight excluding hydrogens is 795 g/mol. The minimum Gasteiger partial charge on any atom is -0.418 e. The third-order valence-corrected chi connectivity index (χ3v) is 8.62. The molecule has 0 radical (unpaired) electrons. The molecule has 322 valence electrons. The Morgan fingerprint density at radius 2 is 0.814 bits per heavy atom. The van der Waals surface area contributed by atoms with E-state index in [1.54, 1.807) is 0 Å². The number of halogens is 12. The first-order valence-electron chi connectivity index (χ1n) is 19.4. The third-order valence-electron chi connectivity index (χ3n) is 8.62. The van der Waals surface area contributed by atoms with E-state index in [9.17, 15) is 51.8 Å². The van der Waals surface area contributed by atoms with E-state index in [-0.39, 0.29) is 0 Å². The molecule has 0 N–H and O–H groups in total. The smallest absolute Gasteiger partial charge is 0.418 e. The maximum atomic E-state index is 9.75. The number of hydrogen-bond donors (Lipinski definition) is 0. The van der Waals surface area contributed by atoms with Crippen molar-refractivity contribution in [2.45, 2.75) is 92.2 Å². The number of rotatable bonds is 14. The van der Waals surface area contributed by atoms with Crippen LogP contribution in [0.3, 0.4) is 0 Å². The molecule has 3 aromatic heterocycles. The van der Waals surface area contributed by atoms with Crippen LogP contribution in [0, 0.1) is 13.8 Å². The summed E-state index contributed by atoms with van der Waals surface area (Å²) < 4.78 is 124. The van der Waals surface area contributed by atoms with Gasteiger partial charge in [-0.1, -0.05) is 74.9 Å². The minimum atomic E-state index is -6.00. The molecule has 3 nitrogen and oxygen atoms in total. The molecule has 0 aliphatic heterocycles. The Bertz CT molecular complexity index is 1840. The van der Waals surface area contributed by atoms with Crippen molar-refractivity contribution < 1.29 is 65.5 Å². The van der Waals surface area contributed by atoms with Crippen LogP contribution in [-0.2, 0) is 13.1 Å². The van der Waals surface area contributed by atoms with Gasteiger partial charge >= 0.3 is 21.8 Å². The largest absolute Gasteiger partial charge is 0.673 e. The lowest BCUT2D eigenvalue weighted by Gasteiger charge is -2.12. The number of unbranched alkanes of at least 4 members (excludes halogenated alkanes) is 6.